The van der Waals surface area contributed by atoms with Crippen molar-refractivity contribution in [1.29, 1.82) is 0 Å². The molecule has 0 saturated carbocycles. The molecule has 58 valence electrons. The Hall–Kier alpha value is 0.860. The summed E-state index contributed by atoms with van der Waals surface area (Å²) in [5.74, 6) is -4.12. The summed E-state index contributed by atoms with van der Waals surface area (Å²) in [5.41, 5.74) is 0. The molecule has 0 rings (SSSR count). The van der Waals surface area contributed by atoms with Crippen LogP contribution in [-0.4, -0.2) is 34.4 Å². The van der Waals surface area contributed by atoms with Crippen LogP contribution in [0.1, 0.15) is 0 Å². The largest absolute Gasteiger partial charge is 1.00 e. The third-order valence-corrected chi connectivity index (χ3v) is 0.782. The number of hydrogen-bond donors (Lipinski definition) is 2. The molecule has 8 heteroatoms. The first-order valence-corrected chi connectivity index (χ1v) is 2.24. The van der Waals surface area contributed by atoms with Crippen LogP contribution in [-0.2, 0) is 9.59 Å². The van der Waals surface area contributed by atoms with Gasteiger partial charge in [-0.1, -0.05) is 0 Å². The number of carbonyl (C=O) groups excluding carboxylic acids is 2. The van der Waals surface area contributed by atoms with Gasteiger partial charge in [-0.05, 0) is 0 Å². The molecule has 0 aliphatic carbocycles. The second-order valence-electron chi connectivity index (χ2n) is 1.53. The molecule has 6 nitrogen and oxygen atoms in total. The number of carbonyl (C=O) groups is 2. The maximum absolute atomic E-state index is 9.63. The fourth-order valence-electron chi connectivity index (χ4n) is 0.258. The van der Waals surface area contributed by atoms with Crippen LogP contribution in [0.5, 0.6) is 0 Å². The van der Waals surface area contributed by atoms with Gasteiger partial charge in [0.25, 0.3) is 0 Å². The molecule has 0 heterocycles. The Morgan fingerprint density at radius 2 is 1.08 bits per heavy atom. The summed E-state index contributed by atoms with van der Waals surface area (Å²) < 4.78 is 0. The fraction of sp³-hybridized carbons (Fsp3) is 0.500. The van der Waals surface area contributed by atoms with Gasteiger partial charge in [-0.25, -0.2) is 0 Å². The molecule has 0 bridgehead atoms. The van der Waals surface area contributed by atoms with Crippen molar-refractivity contribution in [3.63, 3.8) is 0 Å². The zero-order valence-corrected chi connectivity index (χ0v) is 10.7. The molecule has 2 N–H and O–H groups in total. The number of carboxylic acids is 2. The molecule has 0 aromatic rings. The zero-order chi connectivity index (χ0) is 8.31. The first-order valence-electron chi connectivity index (χ1n) is 2.24. The molecule has 0 aromatic carbocycles. The number of rotatable bonds is 3. The van der Waals surface area contributed by atoms with Crippen molar-refractivity contribution >= 4 is 11.9 Å². The van der Waals surface area contributed by atoms with Crippen LogP contribution < -0.4 is 69.3 Å². The Labute approximate surface area is 112 Å². The molecule has 0 saturated heterocycles. The molecule has 0 radical (unpaired) electrons. The Kier molecular flexibility index (Phi) is 13.1. The molecule has 0 aromatic heterocycles. The van der Waals surface area contributed by atoms with Crippen molar-refractivity contribution in [3.8, 4) is 0 Å². The van der Waals surface area contributed by atoms with Crippen molar-refractivity contribution in [2.24, 2.45) is 0 Å². The average Bonchev–Trinajstić information content (AvgIpc) is 1.84. The van der Waals surface area contributed by atoms with E-state index in [4.69, 9.17) is 10.2 Å². The van der Waals surface area contributed by atoms with Gasteiger partial charge in [0.2, 0.25) is 0 Å². The molecule has 0 aliphatic heterocycles. The average molecular weight is 194 g/mol. The van der Waals surface area contributed by atoms with E-state index >= 15 is 0 Å². The van der Waals surface area contributed by atoms with E-state index < -0.39 is 24.1 Å². The summed E-state index contributed by atoms with van der Waals surface area (Å²) in [7, 11) is 0. The maximum Gasteiger partial charge on any atom is 1.00 e. The van der Waals surface area contributed by atoms with Gasteiger partial charge in [0, 0.05) is 0 Å². The van der Waals surface area contributed by atoms with E-state index in [1.807, 2.05) is 0 Å². The summed E-state index contributed by atoms with van der Waals surface area (Å²) in [4.78, 5) is 19.3. The number of aliphatic hydroxyl groups is 2. The molecule has 12 heavy (non-hydrogen) atoms. The molecular weight excluding hydrogens is 190 g/mol. The van der Waals surface area contributed by atoms with Gasteiger partial charge in [0.1, 0.15) is 12.2 Å². The van der Waals surface area contributed by atoms with E-state index in [1.54, 1.807) is 0 Å². The topological polar surface area (TPSA) is 121 Å². The summed E-state index contributed by atoms with van der Waals surface area (Å²) in [5, 5.41) is 35.7. The molecule has 0 aliphatic rings. The maximum atomic E-state index is 9.63. The summed E-state index contributed by atoms with van der Waals surface area (Å²) in [6.45, 7) is 0. The minimum atomic E-state index is -2.44. The molecule has 2 atom stereocenters. The summed E-state index contributed by atoms with van der Waals surface area (Å²) in [6, 6.07) is 0. The second kappa shape index (κ2) is 8.46. The van der Waals surface area contributed by atoms with Crippen molar-refractivity contribution in [2.75, 3.05) is 0 Å². The zero-order valence-electron chi connectivity index (χ0n) is 6.68. The summed E-state index contributed by atoms with van der Waals surface area (Å²) >= 11 is 0. The molecule has 0 spiro atoms. The number of aliphatic carboxylic acids is 2. The first-order chi connectivity index (χ1) is 4.46. The quantitative estimate of drug-likeness (QED) is 0.430. The van der Waals surface area contributed by atoms with Gasteiger partial charge in [-0.15, -0.1) is 0 Å². The van der Waals surface area contributed by atoms with Gasteiger partial charge in [-0.3, -0.25) is 0 Å². The van der Waals surface area contributed by atoms with E-state index in [-0.39, 0.29) is 59.1 Å². The smallest absolute Gasteiger partial charge is 0.547 e. The Bertz CT molecular complexity index is 142. The molecule has 0 unspecified atom stereocenters. The molecule has 0 fully saturated rings. The van der Waals surface area contributed by atoms with Gasteiger partial charge in [0.05, 0.1) is 11.9 Å². The predicted molar refractivity (Wildman–Crippen MR) is 22.0 cm³/mol. The van der Waals surface area contributed by atoms with Crippen LogP contribution in [0.2, 0.25) is 0 Å². The Morgan fingerprint density at radius 1 is 0.917 bits per heavy atom. The van der Waals surface area contributed by atoms with Gasteiger partial charge >= 0.3 is 59.1 Å². The number of aliphatic hydroxyl groups excluding tert-OH is 2. The number of hydrogen-bond acceptors (Lipinski definition) is 6. The van der Waals surface area contributed by atoms with E-state index in [2.05, 4.69) is 0 Å². The van der Waals surface area contributed by atoms with Crippen LogP contribution in [0.15, 0.2) is 0 Å². The molecular formula is C4H4Na2O6. The van der Waals surface area contributed by atoms with Gasteiger partial charge in [0.15, 0.2) is 0 Å². The monoisotopic (exact) mass is 194 g/mol. The minimum Gasteiger partial charge on any atom is -0.547 e. The van der Waals surface area contributed by atoms with Crippen LogP contribution in [0.4, 0.5) is 0 Å². The van der Waals surface area contributed by atoms with Crippen LogP contribution in [0, 0.1) is 0 Å². The van der Waals surface area contributed by atoms with Crippen LogP contribution in [0.3, 0.4) is 0 Å². The Balaban J connectivity index is -0.000000405. The normalized spacial score (nSPS) is 13.2. The third-order valence-electron chi connectivity index (χ3n) is 0.782. The second-order valence-corrected chi connectivity index (χ2v) is 1.53. The van der Waals surface area contributed by atoms with Gasteiger partial charge < -0.3 is 30.0 Å². The van der Waals surface area contributed by atoms with E-state index in [0.29, 0.717) is 0 Å². The van der Waals surface area contributed by atoms with Crippen molar-refractivity contribution in [1.82, 2.24) is 0 Å². The van der Waals surface area contributed by atoms with Crippen molar-refractivity contribution in [2.45, 2.75) is 12.2 Å². The third kappa shape index (κ3) is 6.38. The van der Waals surface area contributed by atoms with Crippen molar-refractivity contribution in [3.05, 3.63) is 0 Å². The van der Waals surface area contributed by atoms with Crippen LogP contribution >= 0.6 is 0 Å². The van der Waals surface area contributed by atoms with E-state index in [0.717, 1.165) is 0 Å². The SMILES string of the molecule is O=C([O-])[C@@H](O)[C@H](O)C(=O)[O-].[Na+].[Na+]. The van der Waals surface area contributed by atoms with E-state index in [9.17, 15) is 19.8 Å². The number of carboxylic acid groups (broad SMARTS) is 2. The standard InChI is InChI=1S/C4H6O6.2Na/c5-1(3(7)8)2(6)4(9)10;;/h1-2,5-6H,(H,7,8)(H,9,10);;/q;2*+1/p-2/t1-,2-;;/m0../s1. The first kappa shape index (κ1) is 18.6. The van der Waals surface area contributed by atoms with Gasteiger partial charge in [-0.2, -0.15) is 0 Å². The molecule has 0 amide bonds. The predicted octanol–water partition coefficient (Wildman–Crippen LogP) is -10.8. The fourth-order valence-corrected chi connectivity index (χ4v) is 0.258. The Morgan fingerprint density at radius 3 is 1.17 bits per heavy atom. The van der Waals surface area contributed by atoms with Crippen LogP contribution in [0.25, 0.3) is 0 Å². The minimum absolute atomic E-state index is 0. The summed E-state index contributed by atoms with van der Waals surface area (Å²) in [6.07, 6.45) is -4.88. The van der Waals surface area contributed by atoms with E-state index in [1.165, 1.54) is 0 Å². The van der Waals surface area contributed by atoms with Crippen molar-refractivity contribution < 1.29 is 89.1 Å².